The second-order valence-corrected chi connectivity index (χ2v) is 9.77. The van der Waals surface area contributed by atoms with Gasteiger partial charge in [0.15, 0.2) is 0 Å². The van der Waals surface area contributed by atoms with Gasteiger partial charge in [-0.05, 0) is 61.6 Å². The second-order valence-electron chi connectivity index (χ2n) is 7.83. The molecule has 164 valence electrons. The van der Waals surface area contributed by atoms with Gasteiger partial charge >= 0.3 is 0 Å². The van der Waals surface area contributed by atoms with Crippen LogP contribution in [0.4, 0.5) is 5.69 Å². The Morgan fingerprint density at radius 1 is 1.06 bits per heavy atom. The Labute approximate surface area is 182 Å². The number of fused-ring (bicyclic) bond motifs is 1. The van der Waals surface area contributed by atoms with E-state index < -0.39 is 10.0 Å². The number of sulfonamides is 1. The average molecular weight is 443 g/mol. The van der Waals surface area contributed by atoms with Crippen molar-refractivity contribution in [2.24, 2.45) is 0 Å². The fourth-order valence-electron chi connectivity index (χ4n) is 4.03. The molecule has 0 saturated carbocycles. The second kappa shape index (κ2) is 9.15. The van der Waals surface area contributed by atoms with Crippen molar-refractivity contribution >= 4 is 27.5 Å². The largest absolute Gasteiger partial charge is 0.349 e. The topological polar surface area (TPSA) is 99.7 Å². The summed E-state index contributed by atoms with van der Waals surface area (Å²) in [7, 11) is -3.53. The fraction of sp³-hybridized carbons (Fsp3) is 0.409. The molecule has 2 aliphatic heterocycles. The van der Waals surface area contributed by atoms with Gasteiger partial charge in [0.1, 0.15) is 6.54 Å². The Balaban J connectivity index is 1.53. The lowest BCUT2D eigenvalue weighted by atomic mass is 10.1. The number of hydrogen-bond acceptors (Lipinski definition) is 5. The molecule has 2 amide bonds. The zero-order chi connectivity index (χ0) is 21.8. The van der Waals surface area contributed by atoms with Crippen LogP contribution in [-0.2, 0) is 32.6 Å². The number of nitrogens with one attached hydrogen (secondary N) is 1. The molecular weight excluding hydrogens is 416 g/mol. The van der Waals surface area contributed by atoms with Crippen molar-refractivity contribution in [3.8, 4) is 0 Å². The molecule has 2 aliphatic rings. The van der Waals surface area contributed by atoms with Crippen LogP contribution in [0.25, 0.3) is 0 Å². The standard InChI is InChI=1S/C22H26N4O4S/c27-21(24-15-18-7-1-2-11-23-18)16-26-20-10-9-19(14-17(20)6-5-8-22(26)28)31(29,30)25-12-3-4-13-25/h1-2,7,9-11,14H,3-6,8,12-13,15-16H2,(H,24,27). The summed E-state index contributed by atoms with van der Waals surface area (Å²) in [6.07, 6.45) is 4.93. The van der Waals surface area contributed by atoms with Gasteiger partial charge in [0.25, 0.3) is 0 Å². The molecule has 1 aromatic carbocycles. The van der Waals surface area contributed by atoms with Crippen LogP contribution in [0.2, 0.25) is 0 Å². The molecule has 1 saturated heterocycles. The Bertz CT molecular complexity index is 1070. The molecule has 8 nitrogen and oxygen atoms in total. The van der Waals surface area contributed by atoms with Crippen molar-refractivity contribution in [1.29, 1.82) is 0 Å². The summed E-state index contributed by atoms with van der Waals surface area (Å²) in [6, 6.07) is 10.3. The van der Waals surface area contributed by atoms with E-state index in [-0.39, 0.29) is 29.8 Å². The van der Waals surface area contributed by atoms with Crippen LogP contribution in [0.15, 0.2) is 47.5 Å². The van der Waals surface area contributed by atoms with E-state index in [0.717, 1.165) is 24.1 Å². The van der Waals surface area contributed by atoms with Crippen LogP contribution < -0.4 is 10.2 Å². The smallest absolute Gasteiger partial charge is 0.243 e. The first kappa shape index (κ1) is 21.5. The molecule has 1 N–H and O–H groups in total. The van der Waals surface area contributed by atoms with Crippen LogP contribution in [0, 0.1) is 0 Å². The van der Waals surface area contributed by atoms with Crippen LogP contribution >= 0.6 is 0 Å². The first-order valence-electron chi connectivity index (χ1n) is 10.6. The van der Waals surface area contributed by atoms with Gasteiger partial charge in [0, 0.05) is 31.4 Å². The van der Waals surface area contributed by atoms with Gasteiger partial charge in [-0.2, -0.15) is 4.31 Å². The fourth-order valence-corrected chi connectivity index (χ4v) is 5.60. The molecular formula is C22H26N4O4S. The molecule has 0 bridgehead atoms. The van der Waals surface area contributed by atoms with Gasteiger partial charge in [-0.1, -0.05) is 6.07 Å². The molecule has 3 heterocycles. The summed E-state index contributed by atoms with van der Waals surface area (Å²) in [4.78, 5) is 31.1. The summed E-state index contributed by atoms with van der Waals surface area (Å²) in [6.45, 7) is 1.25. The number of nitrogens with zero attached hydrogens (tertiary/aromatic N) is 3. The van der Waals surface area contributed by atoms with Crippen molar-refractivity contribution < 1.29 is 18.0 Å². The maximum Gasteiger partial charge on any atom is 0.243 e. The predicted octanol–water partition coefficient (Wildman–Crippen LogP) is 1.85. The number of carbonyl (C=O) groups is 2. The van der Waals surface area contributed by atoms with Crippen molar-refractivity contribution in [2.45, 2.75) is 43.5 Å². The first-order chi connectivity index (χ1) is 14.9. The number of carbonyl (C=O) groups excluding carboxylic acids is 2. The quantitative estimate of drug-likeness (QED) is 0.736. The minimum absolute atomic E-state index is 0.114. The Morgan fingerprint density at radius 2 is 1.87 bits per heavy atom. The lowest BCUT2D eigenvalue weighted by Gasteiger charge is -2.23. The number of aryl methyl sites for hydroxylation is 1. The Morgan fingerprint density at radius 3 is 2.61 bits per heavy atom. The number of pyridine rings is 1. The highest BCUT2D eigenvalue weighted by atomic mass is 32.2. The minimum Gasteiger partial charge on any atom is -0.349 e. The van der Waals surface area contributed by atoms with E-state index in [1.54, 1.807) is 30.5 Å². The van der Waals surface area contributed by atoms with E-state index in [9.17, 15) is 18.0 Å². The monoisotopic (exact) mass is 442 g/mol. The van der Waals surface area contributed by atoms with E-state index >= 15 is 0 Å². The Hall–Kier alpha value is -2.78. The zero-order valence-corrected chi connectivity index (χ0v) is 18.1. The highest BCUT2D eigenvalue weighted by molar-refractivity contribution is 7.89. The summed E-state index contributed by atoms with van der Waals surface area (Å²) in [5.74, 6) is -0.428. The van der Waals surface area contributed by atoms with Crippen LogP contribution in [0.1, 0.15) is 36.9 Å². The third-order valence-corrected chi connectivity index (χ3v) is 7.57. The summed E-state index contributed by atoms with van der Waals surface area (Å²) in [5, 5.41) is 2.79. The summed E-state index contributed by atoms with van der Waals surface area (Å²) >= 11 is 0. The number of anilines is 1. The van der Waals surface area contributed by atoms with Gasteiger partial charge in [0.05, 0.1) is 17.1 Å². The van der Waals surface area contributed by atoms with Gasteiger partial charge in [-0.25, -0.2) is 8.42 Å². The van der Waals surface area contributed by atoms with Crippen molar-refractivity contribution in [3.63, 3.8) is 0 Å². The minimum atomic E-state index is -3.53. The maximum absolute atomic E-state index is 12.9. The molecule has 9 heteroatoms. The number of benzene rings is 1. The lowest BCUT2D eigenvalue weighted by molar-refractivity contribution is -0.123. The van der Waals surface area contributed by atoms with E-state index in [1.165, 1.54) is 9.21 Å². The molecule has 1 fully saturated rings. The highest BCUT2D eigenvalue weighted by Crippen LogP contribution is 2.31. The molecule has 31 heavy (non-hydrogen) atoms. The summed E-state index contributed by atoms with van der Waals surface area (Å²) in [5.41, 5.74) is 2.12. The summed E-state index contributed by atoms with van der Waals surface area (Å²) < 4.78 is 27.4. The molecule has 0 aliphatic carbocycles. The van der Waals surface area contributed by atoms with Gasteiger partial charge < -0.3 is 10.2 Å². The number of rotatable bonds is 6. The molecule has 0 unspecified atom stereocenters. The van der Waals surface area contributed by atoms with Gasteiger partial charge in [-0.3, -0.25) is 14.6 Å². The van der Waals surface area contributed by atoms with Crippen molar-refractivity contribution in [3.05, 3.63) is 53.9 Å². The van der Waals surface area contributed by atoms with E-state index in [1.807, 2.05) is 12.1 Å². The van der Waals surface area contributed by atoms with Crippen LogP contribution in [-0.4, -0.2) is 49.2 Å². The lowest BCUT2D eigenvalue weighted by Crippen LogP contribution is -2.40. The van der Waals surface area contributed by atoms with E-state index in [0.29, 0.717) is 38.0 Å². The highest BCUT2D eigenvalue weighted by Gasteiger charge is 2.30. The molecule has 1 aromatic heterocycles. The molecule has 0 spiro atoms. The molecule has 0 radical (unpaired) electrons. The third kappa shape index (κ3) is 4.77. The number of aromatic nitrogens is 1. The van der Waals surface area contributed by atoms with Crippen LogP contribution in [0.5, 0.6) is 0 Å². The normalized spacial score (nSPS) is 17.3. The van der Waals surface area contributed by atoms with Gasteiger partial charge in [0.2, 0.25) is 21.8 Å². The number of hydrogen-bond donors (Lipinski definition) is 1. The predicted molar refractivity (Wildman–Crippen MR) is 116 cm³/mol. The molecule has 2 aromatic rings. The van der Waals surface area contributed by atoms with Crippen molar-refractivity contribution in [1.82, 2.24) is 14.6 Å². The van der Waals surface area contributed by atoms with Gasteiger partial charge in [-0.15, -0.1) is 0 Å². The van der Waals surface area contributed by atoms with E-state index in [4.69, 9.17) is 0 Å². The zero-order valence-electron chi connectivity index (χ0n) is 17.3. The third-order valence-electron chi connectivity index (χ3n) is 5.68. The first-order valence-corrected chi connectivity index (χ1v) is 12.0. The number of amides is 2. The maximum atomic E-state index is 12.9. The average Bonchev–Trinajstić information content (AvgIpc) is 3.28. The van der Waals surface area contributed by atoms with Crippen molar-refractivity contribution in [2.75, 3.05) is 24.5 Å². The van der Waals surface area contributed by atoms with Crippen LogP contribution in [0.3, 0.4) is 0 Å². The molecule has 0 atom stereocenters. The van der Waals surface area contributed by atoms with E-state index in [2.05, 4.69) is 10.3 Å². The molecule has 4 rings (SSSR count). The SMILES string of the molecule is O=C(CN1C(=O)CCCc2cc(S(=O)(=O)N3CCCC3)ccc21)NCc1ccccn1. The Kier molecular flexibility index (Phi) is 6.33.